The number of nitrogens with zero attached hydrogens (tertiary/aromatic N) is 3. The van der Waals surface area contributed by atoms with Gasteiger partial charge in [-0.3, -0.25) is 19.5 Å². The average molecular weight is 544 g/mol. The van der Waals surface area contributed by atoms with E-state index in [0.29, 0.717) is 44.3 Å². The van der Waals surface area contributed by atoms with Crippen LogP contribution in [0.2, 0.25) is 5.02 Å². The summed E-state index contributed by atoms with van der Waals surface area (Å²) >= 11 is 7.14. The quantitative estimate of drug-likeness (QED) is 0.254. The van der Waals surface area contributed by atoms with Crippen LogP contribution in [0.15, 0.2) is 57.5 Å². The van der Waals surface area contributed by atoms with Crippen molar-refractivity contribution in [1.29, 1.82) is 0 Å². The summed E-state index contributed by atoms with van der Waals surface area (Å²) in [7, 11) is 2.74. The molecule has 1 unspecified atom stereocenters. The number of nitro groups is 1. The molecule has 0 spiro atoms. The number of ether oxygens (including phenoxy) is 3. The fourth-order valence-corrected chi connectivity index (χ4v) is 5.28. The number of rotatable bonds is 7. The number of methoxy groups -OCH3 is 2. The number of hydrogen-bond donors (Lipinski definition) is 0. The van der Waals surface area contributed by atoms with Crippen LogP contribution in [0.4, 0.5) is 5.69 Å². The van der Waals surface area contributed by atoms with Crippen LogP contribution < -0.4 is 24.4 Å². The number of carbonyl (C=O) groups is 1. The Morgan fingerprint density at radius 1 is 1.24 bits per heavy atom. The maximum absolute atomic E-state index is 13.7. The highest BCUT2D eigenvalue weighted by Gasteiger charge is 2.34. The lowest BCUT2D eigenvalue weighted by Crippen LogP contribution is -2.39. The van der Waals surface area contributed by atoms with E-state index in [1.165, 1.54) is 37.0 Å². The molecular formula is C25H22ClN3O7S. The van der Waals surface area contributed by atoms with Crippen molar-refractivity contribution in [2.24, 2.45) is 4.99 Å². The van der Waals surface area contributed by atoms with E-state index in [1.54, 1.807) is 31.2 Å². The number of fused-ring (bicyclic) bond motifs is 1. The zero-order valence-electron chi connectivity index (χ0n) is 20.3. The summed E-state index contributed by atoms with van der Waals surface area (Å²) in [6, 6.07) is 8.43. The van der Waals surface area contributed by atoms with E-state index in [0.717, 1.165) is 11.3 Å². The van der Waals surface area contributed by atoms with Gasteiger partial charge in [0.2, 0.25) is 0 Å². The molecule has 0 bridgehead atoms. The lowest BCUT2D eigenvalue weighted by atomic mass is 9.95. The highest BCUT2D eigenvalue weighted by Crippen LogP contribution is 2.35. The van der Waals surface area contributed by atoms with Gasteiger partial charge in [0, 0.05) is 6.07 Å². The Hall–Kier alpha value is -3.96. The number of halogens is 1. The third-order valence-corrected chi connectivity index (χ3v) is 7.00. The van der Waals surface area contributed by atoms with Gasteiger partial charge in [0.15, 0.2) is 16.3 Å². The van der Waals surface area contributed by atoms with E-state index >= 15 is 0 Å². The average Bonchev–Trinajstić information content (AvgIpc) is 3.18. The van der Waals surface area contributed by atoms with Gasteiger partial charge in [-0.05, 0) is 49.2 Å². The third-order valence-electron chi connectivity index (χ3n) is 5.69. The van der Waals surface area contributed by atoms with Crippen LogP contribution in [-0.2, 0) is 9.53 Å². The molecule has 1 aromatic heterocycles. The maximum atomic E-state index is 13.7. The SMILES string of the molecule is CCOc1ccc(C=c2sc3n(c2=O)C(c2ccc(Cl)c([N+](=O)[O-])c2)C(C(=O)OC)=C(C)N=3)cc1OC. The first-order valence-electron chi connectivity index (χ1n) is 11.1. The number of benzene rings is 2. The second-order valence-electron chi connectivity index (χ2n) is 7.88. The van der Waals surface area contributed by atoms with Crippen molar-refractivity contribution >= 4 is 40.7 Å². The minimum Gasteiger partial charge on any atom is -0.493 e. The molecule has 0 saturated heterocycles. The zero-order chi connectivity index (χ0) is 26.9. The minimum absolute atomic E-state index is 0.0640. The van der Waals surface area contributed by atoms with Crippen molar-refractivity contribution in [2.45, 2.75) is 19.9 Å². The third kappa shape index (κ3) is 4.87. The number of hydrogen-bond acceptors (Lipinski definition) is 9. The Kier molecular flexibility index (Phi) is 7.46. The predicted octanol–water partition coefficient (Wildman–Crippen LogP) is 3.38. The molecule has 0 fully saturated rings. The Balaban J connectivity index is 1.95. The molecule has 192 valence electrons. The van der Waals surface area contributed by atoms with E-state index < -0.39 is 22.5 Å². The van der Waals surface area contributed by atoms with Crippen LogP contribution >= 0.6 is 22.9 Å². The molecule has 0 N–H and O–H groups in total. The fraction of sp³-hybridized carbons (Fsp3) is 0.240. The van der Waals surface area contributed by atoms with E-state index in [4.69, 9.17) is 25.8 Å². The van der Waals surface area contributed by atoms with Crippen LogP contribution in [0.3, 0.4) is 0 Å². The first kappa shape index (κ1) is 26.1. The Bertz CT molecular complexity index is 1620. The zero-order valence-corrected chi connectivity index (χ0v) is 21.9. The van der Waals surface area contributed by atoms with E-state index in [2.05, 4.69) is 4.99 Å². The molecule has 3 aromatic rings. The van der Waals surface area contributed by atoms with Gasteiger partial charge in [-0.2, -0.15) is 0 Å². The summed E-state index contributed by atoms with van der Waals surface area (Å²) in [5.74, 6) is 0.388. The number of allylic oxidation sites excluding steroid dienone is 1. The first-order valence-corrected chi connectivity index (χ1v) is 12.2. The number of nitro benzene ring substituents is 1. The Labute approximate surface area is 219 Å². The van der Waals surface area contributed by atoms with Crippen LogP contribution in [0.1, 0.15) is 31.0 Å². The molecule has 37 heavy (non-hydrogen) atoms. The summed E-state index contributed by atoms with van der Waals surface area (Å²) in [6.45, 7) is 3.96. The molecule has 4 rings (SSSR count). The second kappa shape index (κ2) is 10.6. The summed E-state index contributed by atoms with van der Waals surface area (Å²) in [5.41, 5.74) is 0.676. The van der Waals surface area contributed by atoms with Gasteiger partial charge in [0.1, 0.15) is 5.02 Å². The lowest BCUT2D eigenvalue weighted by Gasteiger charge is -2.24. The van der Waals surface area contributed by atoms with E-state index in [-0.39, 0.29) is 16.3 Å². The molecule has 1 atom stereocenters. The fourth-order valence-electron chi connectivity index (χ4n) is 4.05. The molecule has 2 aromatic carbocycles. The van der Waals surface area contributed by atoms with Gasteiger partial charge in [-0.15, -0.1) is 0 Å². The van der Waals surface area contributed by atoms with Crippen LogP contribution in [0.25, 0.3) is 6.08 Å². The second-order valence-corrected chi connectivity index (χ2v) is 9.30. The Morgan fingerprint density at radius 2 is 2.00 bits per heavy atom. The van der Waals surface area contributed by atoms with Gasteiger partial charge < -0.3 is 14.2 Å². The topological polar surface area (TPSA) is 122 Å². The smallest absolute Gasteiger partial charge is 0.338 e. The number of esters is 1. The molecule has 10 nitrogen and oxygen atoms in total. The van der Waals surface area contributed by atoms with Gasteiger partial charge in [-0.25, -0.2) is 9.79 Å². The van der Waals surface area contributed by atoms with Crippen molar-refractivity contribution < 1.29 is 23.9 Å². The monoisotopic (exact) mass is 543 g/mol. The van der Waals surface area contributed by atoms with Gasteiger partial charge in [0.25, 0.3) is 11.2 Å². The standard InChI is InChI=1S/C25H22ClN3O7S/c1-5-36-18-9-6-14(10-19(18)34-3)11-20-23(30)28-22(15-7-8-16(26)17(12-15)29(32)33)21(24(31)35-4)13(2)27-25(28)37-20/h6-12,22H,5H2,1-4H3. The number of carbonyl (C=O) groups excluding carboxylic acids is 1. The summed E-state index contributed by atoms with van der Waals surface area (Å²) in [5, 5.41) is 11.5. The van der Waals surface area contributed by atoms with Crippen molar-refractivity contribution in [3.63, 3.8) is 0 Å². The number of aromatic nitrogens is 1. The van der Waals surface area contributed by atoms with Crippen LogP contribution in [0, 0.1) is 10.1 Å². The number of thiazole rings is 1. The van der Waals surface area contributed by atoms with Crippen molar-refractivity contribution in [2.75, 3.05) is 20.8 Å². The molecule has 2 heterocycles. The van der Waals surface area contributed by atoms with Crippen molar-refractivity contribution in [3.8, 4) is 11.5 Å². The summed E-state index contributed by atoms with van der Waals surface area (Å²) in [6.07, 6.45) is 1.68. The molecule has 0 aliphatic carbocycles. The van der Waals surface area contributed by atoms with Crippen LogP contribution in [-0.4, -0.2) is 36.3 Å². The predicted molar refractivity (Wildman–Crippen MR) is 138 cm³/mol. The van der Waals surface area contributed by atoms with Crippen molar-refractivity contribution in [1.82, 2.24) is 4.57 Å². The molecule has 1 aliphatic rings. The van der Waals surface area contributed by atoms with E-state index in [9.17, 15) is 19.7 Å². The Morgan fingerprint density at radius 3 is 2.65 bits per heavy atom. The molecule has 0 saturated carbocycles. The van der Waals surface area contributed by atoms with Gasteiger partial charge >= 0.3 is 5.97 Å². The molecule has 12 heteroatoms. The molecule has 0 radical (unpaired) electrons. The maximum Gasteiger partial charge on any atom is 0.338 e. The lowest BCUT2D eigenvalue weighted by molar-refractivity contribution is -0.384. The highest BCUT2D eigenvalue weighted by atomic mass is 35.5. The summed E-state index contributed by atoms with van der Waals surface area (Å²) in [4.78, 5) is 42.2. The largest absolute Gasteiger partial charge is 0.493 e. The van der Waals surface area contributed by atoms with Crippen molar-refractivity contribution in [3.05, 3.63) is 93.6 Å². The van der Waals surface area contributed by atoms with Gasteiger partial charge in [0.05, 0.1) is 47.6 Å². The highest BCUT2D eigenvalue weighted by molar-refractivity contribution is 7.07. The molecule has 0 amide bonds. The summed E-state index contributed by atoms with van der Waals surface area (Å²) < 4.78 is 17.6. The first-order chi connectivity index (χ1) is 17.7. The molecular weight excluding hydrogens is 522 g/mol. The normalized spacial score (nSPS) is 15.2. The minimum atomic E-state index is -1.00. The van der Waals surface area contributed by atoms with E-state index in [1.807, 2.05) is 6.92 Å². The van der Waals surface area contributed by atoms with Gasteiger partial charge in [-0.1, -0.05) is 35.1 Å². The molecule has 1 aliphatic heterocycles. The van der Waals surface area contributed by atoms with Crippen LogP contribution in [0.5, 0.6) is 11.5 Å².